The van der Waals surface area contributed by atoms with Gasteiger partial charge in [0.25, 0.3) is 0 Å². The molecule has 1 fully saturated rings. The van der Waals surface area contributed by atoms with E-state index in [2.05, 4.69) is 5.32 Å². The number of urea groups is 1. The molecule has 1 heterocycles. The van der Waals surface area contributed by atoms with Crippen LogP contribution < -0.4 is 10.2 Å². The van der Waals surface area contributed by atoms with E-state index in [-0.39, 0.29) is 11.8 Å². The summed E-state index contributed by atoms with van der Waals surface area (Å²) in [5, 5.41) is 2.67. The van der Waals surface area contributed by atoms with Crippen LogP contribution in [0.2, 0.25) is 0 Å². The minimum absolute atomic E-state index is 0.157. The van der Waals surface area contributed by atoms with Crippen molar-refractivity contribution in [2.75, 3.05) is 18.0 Å². The van der Waals surface area contributed by atoms with E-state index in [0.717, 1.165) is 5.56 Å². The molecule has 4 heteroatoms. The fourth-order valence-electron chi connectivity index (χ4n) is 1.59. The zero-order chi connectivity index (χ0) is 10.1. The van der Waals surface area contributed by atoms with E-state index >= 15 is 0 Å². The quantitative estimate of drug-likeness (QED) is 0.724. The molecular weight excluding hydrogens is 183 g/mol. The lowest BCUT2D eigenvalue weighted by Gasteiger charge is -2.14. The smallest absolute Gasteiger partial charge is 0.321 e. The predicted octanol–water partition coefficient (Wildman–Crippen LogP) is 1.66. The standard InChI is InChI=1S/C10H11FN2O/c1-7-4-8(11)6-9(5-7)13-3-2-12-10(13)14/h4-6H,2-3H2,1H3,(H,12,14). The number of aryl methyl sites for hydroxylation is 1. The highest BCUT2D eigenvalue weighted by atomic mass is 19.1. The third-order valence-corrected chi connectivity index (χ3v) is 2.20. The second kappa shape index (κ2) is 3.29. The Kier molecular flexibility index (Phi) is 2.11. The summed E-state index contributed by atoms with van der Waals surface area (Å²) in [5.74, 6) is -0.306. The van der Waals surface area contributed by atoms with Gasteiger partial charge in [0, 0.05) is 18.8 Å². The van der Waals surface area contributed by atoms with E-state index in [1.165, 1.54) is 17.0 Å². The first-order valence-electron chi connectivity index (χ1n) is 4.49. The molecule has 0 aromatic heterocycles. The zero-order valence-corrected chi connectivity index (χ0v) is 7.88. The topological polar surface area (TPSA) is 32.3 Å². The summed E-state index contributed by atoms with van der Waals surface area (Å²) >= 11 is 0. The summed E-state index contributed by atoms with van der Waals surface area (Å²) in [6.07, 6.45) is 0. The van der Waals surface area contributed by atoms with Crippen LogP contribution in [0.1, 0.15) is 5.56 Å². The molecule has 2 rings (SSSR count). The first-order valence-corrected chi connectivity index (χ1v) is 4.49. The van der Waals surface area contributed by atoms with Gasteiger partial charge in [-0.1, -0.05) is 0 Å². The maximum absolute atomic E-state index is 13.1. The van der Waals surface area contributed by atoms with Gasteiger partial charge in [0.05, 0.1) is 0 Å². The molecule has 3 nitrogen and oxygen atoms in total. The normalized spacial score (nSPS) is 15.9. The number of nitrogens with zero attached hydrogens (tertiary/aromatic N) is 1. The minimum atomic E-state index is -0.306. The monoisotopic (exact) mass is 194 g/mol. The largest absolute Gasteiger partial charge is 0.336 e. The van der Waals surface area contributed by atoms with Gasteiger partial charge in [-0.3, -0.25) is 4.90 Å². The van der Waals surface area contributed by atoms with Gasteiger partial charge in [-0.25, -0.2) is 9.18 Å². The highest BCUT2D eigenvalue weighted by Gasteiger charge is 2.21. The maximum atomic E-state index is 13.1. The van der Waals surface area contributed by atoms with Crippen LogP contribution in [0, 0.1) is 12.7 Å². The molecule has 0 saturated carbocycles. The highest BCUT2D eigenvalue weighted by Crippen LogP contribution is 2.19. The van der Waals surface area contributed by atoms with Crippen LogP contribution in [0.15, 0.2) is 18.2 Å². The molecule has 0 unspecified atom stereocenters. The van der Waals surface area contributed by atoms with Crippen LogP contribution in [0.25, 0.3) is 0 Å². The molecule has 1 aliphatic heterocycles. The highest BCUT2D eigenvalue weighted by molar-refractivity contribution is 5.94. The van der Waals surface area contributed by atoms with Gasteiger partial charge in [-0.15, -0.1) is 0 Å². The Morgan fingerprint density at radius 1 is 1.43 bits per heavy atom. The first-order chi connectivity index (χ1) is 6.66. The molecule has 1 saturated heterocycles. The summed E-state index contributed by atoms with van der Waals surface area (Å²) in [6.45, 7) is 3.02. The number of carbonyl (C=O) groups is 1. The van der Waals surface area contributed by atoms with Crippen LogP contribution in [-0.2, 0) is 0 Å². The van der Waals surface area contributed by atoms with Crippen molar-refractivity contribution in [3.63, 3.8) is 0 Å². The Bertz CT molecular complexity index is 358. The van der Waals surface area contributed by atoms with Gasteiger partial charge >= 0.3 is 6.03 Å². The van der Waals surface area contributed by atoms with E-state index in [0.29, 0.717) is 18.8 Å². The summed E-state index contributed by atoms with van der Waals surface area (Å²) < 4.78 is 13.1. The molecule has 0 bridgehead atoms. The van der Waals surface area contributed by atoms with E-state index in [1.807, 2.05) is 0 Å². The lowest BCUT2D eigenvalue weighted by atomic mass is 10.2. The number of anilines is 1. The number of amides is 2. The second-order valence-electron chi connectivity index (χ2n) is 3.37. The van der Waals surface area contributed by atoms with Crippen molar-refractivity contribution in [3.05, 3.63) is 29.6 Å². The van der Waals surface area contributed by atoms with Crippen LogP contribution in [-0.4, -0.2) is 19.1 Å². The number of benzene rings is 1. The van der Waals surface area contributed by atoms with Crippen molar-refractivity contribution < 1.29 is 9.18 Å². The van der Waals surface area contributed by atoms with Crippen LogP contribution in [0.3, 0.4) is 0 Å². The second-order valence-corrected chi connectivity index (χ2v) is 3.37. The molecule has 2 amide bonds. The Morgan fingerprint density at radius 2 is 2.21 bits per heavy atom. The zero-order valence-electron chi connectivity index (χ0n) is 7.88. The van der Waals surface area contributed by atoms with E-state index < -0.39 is 0 Å². The molecule has 1 N–H and O–H groups in total. The number of halogens is 1. The van der Waals surface area contributed by atoms with Crippen molar-refractivity contribution in [2.45, 2.75) is 6.92 Å². The SMILES string of the molecule is Cc1cc(F)cc(N2CCNC2=O)c1. The molecule has 0 radical (unpaired) electrons. The maximum Gasteiger partial charge on any atom is 0.321 e. The third-order valence-electron chi connectivity index (χ3n) is 2.20. The van der Waals surface area contributed by atoms with E-state index in [1.54, 1.807) is 13.0 Å². The van der Waals surface area contributed by atoms with Crippen molar-refractivity contribution in [1.29, 1.82) is 0 Å². The average Bonchev–Trinajstić information content (AvgIpc) is 2.49. The van der Waals surface area contributed by atoms with Crippen molar-refractivity contribution in [1.82, 2.24) is 5.32 Å². The number of nitrogens with one attached hydrogen (secondary N) is 1. The van der Waals surface area contributed by atoms with Gasteiger partial charge in [0.15, 0.2) is 0 Å². The Morgan fingerprint density at radius 3 is 2.79 bits per heavy atom. The van der Waals surface area contributed by atoms with Gasteiger partial charge in [-0.05, 0) is 30.7 Å². The van der Waals surface area contributed by atoms with Crippen molar-refractivity contribution >= 4 is 11.7 Å². The molecule has 74 valence electrons. The lowest BCUT2D eigenvalue weighted by molar-refractivity contribution is 0.252. The number of rotatable bonds is 1. The van der Waals surface area contributed by atoms with Crippen LogP contribution in [0.5, 0.6) is 0 Å². The van der Waals surface area contributed by atoms with E-state index in [9.17, 15) is 9.18 Å². The molecule has 1 aromatic rings. The van der Waals surface area contributed by atoms with Crippen molar-refractivity contribution in [3.8, 4) is 0 Å². The molecular formula is C10H11FN2O. The van der Waals surface area contributed by atoms with Gasteiger partial charge < -0.3 is 5.32 Å². The van der Waals surface area contributed by atoms with Gasteiger partial charge in [-0.2, -0.15) is 0 Å². The van der Waals surface area contributed by atoms with Crippen LogP contribution in [0.4, 0.5) is 14.9 Å². The molecule has 14 heavy (non-hydrogen) atoms. The Hall–Kier alpha value is -1.58. The Labute approximate surface area is 81.5 Å². The summed E-state index contributed by atoms with van der Waals surface area (Å²) in [7, 11) is 0. The van der Waals surface area contributed by atoms with Gasteiger partial charge in [0.2, 0.25) is 0 Å². The lowest BCUT2D eigenvalue weighted by Crippen LogP contribution is -2.27. The van der Waals surface area contributed by atoms with Crippen molar-refractivity contribution in [2.24, 2.45) is 0 Å². The first kappa shape index (κ1) is 8.99. The molecule has 0 aliphatic carbocycles. The van der Waals surface area contributed by atoms with Gasteiger partial charge in [0.1, 0.15) is 5.82 Å². The summed E-state index contributed by atoms with van der Waals surface area (Å²) in [5.41, 5.74) is 1.44. The number of hydrogen-bond donors (Lipinski definition) is 1. The molecule has 1 aromatic carbocycles. The molecule has 1 aliphatic rings. The number of hydrogen-bond acceptors (Lipinski definition) is 1. The number of carbonyl (C=O) groups excluding carboxylic acids is 1. The summed E-state index contributed by atoms with van der Waals surface area (Å²) in [6, 6.07) is 4.46. The Balaban J connectivity index is 2.35. The molecule has 0 spiro atoms. The minimum Gasteiger partial charge on any atom is -0.336 e. The predicted molar refractivity (Wildman–Crippen MR) is 51.9 cm³/mol. The fourth-order valence-corrected chi connectivity index (χ4v) is 1.59. The molecule has 0 atom stereocenters. The fraction of sp³-hybridized carbons (Fsp3) is 0.300. The van der Waals surface area contributed by atoms with Crippen LogP contribution >= 0.6 is 0 Å². The third kappa shape index (κ3) is 1.55. The summed E-state index contributed by atoms with van der Waals surface area (Å²) in [4.78, 5) is 12.8. The van der Waals surface area contributed by atoms with E-state index in [4.69, 9.17) is 0 Å². The average molecular weight is 194 g/mol.